The van der Waals surface area contributed by atoms with E-state index in [-0.39, 0.29) is 0 Å². The molecular weight excluding hydrogens is 260 g/mol. The first kappa shape index (κ1) is 16.5. The number of rotatable bonds is 6. The Morgan fingerprint density at radius 2 is 2.10 bits per heavy atom. The Bertz CT molecular complexity index is 447. The third-order valence-corrected chi connectivity index (χ3v) is 4.62. The summed E-state index contributed by atoms with van der Waals surface area (Å²) >= 11 is 0. The summed E-state index contributed by atoms with van der Waals surface area (Å²) in [5, 5.41) is 3.66. The molecule has 0 amide bonds. The normalized spacial score (nSPS) is 21.4. The van der Waals surface area contributed by atoms with Crippen LogP contribution >= 0.6 is 0 Å². The maximum absolute atomic E-state index is 5.62. The summed E-state index contributed by atoms with van der Waals surface area (Å²) in [6.07, 6.45) is 1.16. The Labute approximate surface area is 129 Å². The predicted octanol–water partition coefficient (Wildman–Crippen LogP) is 3.06. The molecule has 118 valence electrons. The van der Waals surface area contributed by atoms with E-state index in [0.29, 0.717) is 12.1 Å². The number of ether oxygens (including phenoxy) is 1. The third kappa shape index (κ3) is 4.29. The van der Waals surface area contributed by atoms with Crippen molar-refractivity contribution in [2.45, 2.75) is 46.2 Å². The topological polar surface area (TPSA) is 24.5 Å². The van der Waals surface area contributed by atoms with E-state index in [1.54, 1.807) is 0 Å². The van der Waals surface area contributed by atoms with Crippen molar-refractivity contribution in [1.29, 1.82) is 0 Å². The Morgan fingerprint density at radius 1 is 1.29 bits per heavy atom. The quantitative estimate of drug-likeness (QED) is 0.871. The first-order valence-electron chi connectivity index (χ1n) is 8.28. The van der Waals surface area contributed by atoms with Gasteiger partial charge < -0.3 is 10.1 Å². The average molecular weight is 290 g/mol. The van der Waals surface area contributed by atoms with E-state index in [4.69, 9.17) is 4.74 Å². The molecule has 2 atom stereocenters. The summed E-state index contributed by atoms with van der Waals surface area (Å²) < 4.78 is 5.62. The second kappa shape index (κ2) is 7.92. The second-order valence-electron chi connectivity index (χ2n) is 6.09. The van der Waals surface area contributed by atoms with E-state index in [1.165, 1.54) is 16.7 Å². The van der Waals surface area contributed by atoms with Crippen molar-refractivity contribution in [1.82, 2.24) is 10.2 Å². The van der Waals surface area contributed by atoms with Gasteiger partial charge >= 0.3 is 0 Å². The molecule has 0 saturated carbocycles. The molecule has 3 heteroatoms. The molecular formula is C18H30N2O. The van der Waals surface area contributed by atoms with Gasteiger partial charge in [0.25, 0.3) is 0 Å². The van der Waals surface area contributed by atoms with Crippen LogP contribution in [0.1, 0.15) is 43.0 Å². The summed E-state index contributed by atoms with van der Waals surface area (Å²) in [6.45, 7) is 13.7. The van der Waals surface area contributed by atoms with Gasteiger partial charge in [-0.15, -0.1) is 0 Å². The van der Waals surface area contributed by atoms with Gasteiger partial charge in [-0.25, -0.2) is 0 Å². The van der Waals surface area contributed by atoms with E-state index in [9.17, 15) is 0 Å². The minimum atomic E-state index is 0.404. The molecule has 0 radical (unpaired) electrons. The molecule has 2 unspecified atom stereocenters. The first-order chi connectivity index (χ1) is 10.2. The van der Waals surface area contributed by atoms with Gasteiger partial charge in [0.2, 0.25) is 0 Å². The molecule has 0 aliphatic carbocycles. The van der Waals surface area contributed by atoms with Crippen LogP contribution in [0.4, 0.5) is 0 Å². The molecule has 1 saturated heterocycles. The zero-order chi connectivity index (χ0) is 15.2. The number of likely N-dealkylation sites (N-methyl/N-ethyl adjacent to an activating group) is 1. The molecule has 1 aromatic carbocycles. The lowest BCUT2D eigenvalue weighted by atomic mass is 9.99. The number of nitrogens with zero attached hydrogens (tertiary/aromatic N) is 1. The summed E-state index contributed by atoms with van der Waals surface area (Å²) in [7, 11) is 0. The van der Waals surface area contributed by atoms with Crippen LogP contribution in [0.25, 0.3) is 0 Å². The van der Waals surface area contributed by atoms with Gasteiger partial charge in [0, 0.05) is 25.2 Å². The van der Waals surface area contributed by atoms with Crippen molar-refractivity contribution >= 4 is 0 Å². The maximum atomic E-state index is 5.62. The summed E-state index contributed by atoms with van der Waals surface area (Å²) in [4.78, 5) is 2.59. The average Bonchev–Trinajstić information content (AvgIpc) is 2.50. The van der Waals surface area contributed by atoms with Crippen LogP contribution in [0.3, 0.4) is 0 Å². The Morgan fingerprint density at radius 3 is 2.76 bits per heavy atom. The van der Waals surface area contributed by atoms with E-state index in [1.807, 2.05) is 0 Å². The lowest BCUT2D eigenvalue weighted by Gasteiger charge is -2.37. The Balaban J connectivity index is 2.12. The van der Waals surface area contributed by atoms with Crippen molar-refractivity contribution in [3.8, 4) is 0 Å². The third-order valence-electron chi connectivity index (χ3n) is 4.62. The molecule has 0 aromatic heterocycles. The van der Waals surface area contributed by atoms with Gasteiger partial charge in [-0.3, -0.25) is 4.90 Å². The largest absolute Gasteiger partial charge is 0.378 e. The summed E-state index contributed by atoms with van der Waals surface area (Å²) in [6, 6.07) is 7.82. The van der Waals surface area contributed by atoms with Gasteiger partial charge in [-0.05, 0) is 43.5 Å². The molecule has 21 heavy (non-hydrogen) atoms. The maximum Gasteiger partial charge on any atom is 0.0622 e. The lowest BCUT2D eigenvalue weighted by molar-refractivity contribution is -0.0126. The number of aryl methyl sites for hydroxylation is 2. The first-order valence-corrected chi connectivity index (χ1v) is 8.28. The van der Waals surface area contributed by atoms with Crippen molar-refractivity contribution < 1.29 is 4.74 Å². The highest BCUT2D eigenvalue weighted by Crippen LogP contribution is 2.21. The molecule has 1 aromatic rings. The smallest absolute Gasteiger partial charge is 0.0622 e. The highest BCUT2D eigenvalue weighted by atomic mass is 16.5. The van der Waals surface area contributed by atoms with Gasteiger partial charge in [-0.2, -0.15) is 0 Å². The molecule has 1 aliphatic heterocycles. The standard InChI is InChI=1S/C18H30N2O/c1-5-17-13-21-10-9-20(17)12-18(19-6-2)16-8-7-14(3)15(4)11-16/h7-8,11,17-19H,5-6,9-10,12-13H2,1-4H3. The predicted molar refractivity (Wildman–Crippen MR) is 88.8 cm³/mol. The van der Waals surface area contributed by atoms with Crippen LogP contribution in [0, 0.1) is 13.8 Å². The van der Waals surface area contributed by atoms with Crippen LogP contribution in [0.5, 0.6) is 0 Å². The van der Waals surface area contributed by atoms with E-state index >= 15 is 0 Å². The van der Waals surface area contributed by atoms with Gasteiger partial charge in [0.15, 0.2) is 0 Å². The minimum Gasteiger partial charge on any atom is -0.378 e. The number of nitrogens with one attached hydrogen (secondary N) is 1. The summed E-state index contributed by atoms with van der Waals surface area (Å²) in [5.41, 5.74) is 4.15. The van der Waals surface area contributed by atoms with Gasteiger partial charge in [0.1, 0.15) is 0 Å². The molecule has 1 aliphatic rings. The molecule has 0 spiro atoms. The second-order valence-corrected chi connectivity index (χ2v) is 6.09. The fraction of sp³-hybridized carbons (Fsp3) is 0.667. The van der Waals surface area contributed by atoms with Gasteiger partial charge in [0.05, 0.1) is 13.2 Å². The number of morpholine rings is 1. The SMILES string of the molecule is CCNC(CN1CCOCC1CC)c1ccc(C)c(C)c1. The highest BCUT2D eigenvalue weighted by molar-refractivity contribution is 5.32. The van der Waals surface area contributed by atoms with Crippen molar-refractivity contribution in [2.75, 3.05) is 32.8 Å². The Hall–Kier alpha value is -0.900. The van der Waals surface area contributed by atoms with Gasteiger partial charge in [-0.1, -0.05) is 32.0 Å². The molecule has 1 heterocycles. The summed E-state index contributed by atoms with van der Waals surface area (Å²) in [5.74, 6) is 0. The molecule has 2 rings (SSSR count). The van der Waals surface area contributed by atoms with E-state index in [2.05, 4.69) is 56.1 Å². The number of hydrogen-bond acceptors (Lipinski definition) is 3. The fourth-order valence-electron chi connectivity index (χ4n) is 3.06. The zero-order valence-corrected chi connectivity index (χ0v) is 14.0. The molecule has 3 nitrogen and oxygen atoms in total. The van der Waals surface area contributed by atoms with Crippen LogP contribution in [0.15, 0.2) is 18.2 Å². The van der Waals surface area contributed by atoms with Crippen molar-refractivity contribution in [2.24, 2.45) is 0 Å². The van der Waals surface area contributed by atoms with Crippen LogP contribution in [-0.4, -0.2) is 43.8 Å². The van der Waals surface area contributed by atoms with Crippen molar-refractivity contribution in [3.05, 3.63) is 34.9 Å². The lowest BCUT2D eigenvalue weighted by Crippen LogP contribution is -2.48. The number of benzene rings is 1. The fourth-order valence-corrected chi connectivity index (χ4v) is 3.06. The molecule has 0 bridgehead atoms. The van der Waals surface area contributed by atoms with Crippen LogP contribution < -0.4 is 5.32 Å². The van der Waals surface area contributed by atoms with Crippen LogP contribution in [0.2, 0.25) is 0 Å². The molecule has 1 N–H and O–H groups in total. The Kier molecular flexibility index (Phi) is 6.22. The van der Waals surface area contributed by atoms with E-state index in [0.717, 1.165) is 39.3 Å². The zero-order valence-electron chi connectivity index (χ0n) is 14.0. The minimum absolute atomic E-state index is 0.404. The van der Waals surface area contributed by atoms with Crippen LogP contribution in [-0.2, 0) is 4.74 Å². The number of hydrogen-bond donors (Lipinski definition) is 1. The highest BCUT2D eigenvalue weighted by Gasteiger charge is 2.24. The molecule has 1 fully saturated rings. The monoisotopic (exact) mass is 290 g/mol. The van der Waals surface area contributed by atoms with Crippen molar-refractivity contribution in [3.63, 3.8) is 0 Å². The van der Waals surface area contributed by atoms with E-state index < -0.39 is 0 Å².